The van der Waals surface area contributed by atoms with Crippen molar-refractivity contribution in [3.63, 3.8) is 0 Å². The summed E-state index contributed by atoms with van der Waals surface area (Å²) in [4.78, 5) is 28.2. The number of rotatable bonds is 8. The summed E-state index contributed by atoms with van der Waals surface area (Å²) in [6.07, 6.45) is 1.55. The van der Waals surface area contributed by atoms with Crippen molar-refractivity contribution in [2.24, 2.45) is 0 Å². The van der Waals surface area contributed by atoms with Crippen LogP contribution in [0.2, 0.25) is 0 Å². The molecule has 3 heterocycles. The predicted octanol–water partition coefficient (Wildman–Crippen LogP) is 4.77. The molecule has 0 aliphatic carbocycles. The van der Waals surface area contributed by atoms with E-state index in [1.54, 1.807) is 37.6 Å². The van der Waals surface area contributed by atoms with Gasteiger partial charge in [-0.3, -0.25) is 9.69 Å². The van der Waals surface area contributed by atoms with E-state index in [0.717, 1.165) is 11.3 Å². The summed E-state index contributed by atoms with van der Waals surface area (Å²) in [5.74, 6) is 1.63. The first-order valence-electron chi connectivity index (χ1n) is 11.5. The molecule has 0 saturated heterocycles. The minimum atomic E-state index is -0.545. The molecule has 1 unspecified atom stereocenters. The fourth-order valence-corrected chi connectivity index (χ4v) is 4.36. The van der Waals surface area contributed by atoms with Crippen molar-refractivity contribution in [1.82, 2.24) is 10.2 Å². The Bertz CT molecular complexity index is 1560. The third-order valence-electron chi connectivity index (χ3n) is 6.22. The molecule has 0 saturated carbocycles. The average Bonchev–Trinajstić information content (AvgIpc) is 3.53. The largest absolute Gasteiger partial charge is 0.497 e. The Morgan fingerprint density at radius 1 is 1.03 bits per heavy atom. The second-order valence-corrected chi connectivity index (χ2v) is 8.70. The lowest BCUT2D eigenvalue weighted by Crippen LogP contribution is -2.35. The van der Waals surface area contributed by atoms with Gasteiger partial charge in [-0.05, 0) is 62.6 Å². The lowest BCUT2D eigenvalue weighted by Gasteiger charge is -2.22. The number of nitrogens with one attached hydrogen (secondary N) is 1. The van der Waals surface area contributed by atoms with Gasteiger partial charge in [0.15, 0.2) is 5.58 Å². The van der Waals surface area contributed by atoms with Crippen LogP contribution in [0.4, 0.5) is 0 Å². The second kappa shape index (κ2) is 9.75. The molecule has 5 aromatic rings. The van der Waals surface area contributed by atoms with Crippen molar-refractivity contribution in [3.8, 4) is 17.1 Å². The second-order valence-electron chi connectivity index (χ2n) is 8.70. The molecule has 0 spiro atoms. The smallest absolute Gasteiger partial charge is 0.347 e. The fraction of sp³-hybridized carbons (Fsp3) is 0.214. The highest BCUT2D eigenvalue weighted by Gasteiger charge is 2.25. The van der Waals surface area contributed by atoms with Gasteiger partial charge in [-0.1, -0.05) is 12.1 Å². The van der Waals surface area contributed by atoms with Crippen LogP contribution >= 0.6 is 0 Å². The number of benzene rings is 2. The Morgan fingerprint density at radius 3 is 2.50 bits per heavy atom. The molecule has 1 amide bonds. The highest BCUT2D eigenvalue weighted by atomic mass is 16.5. The minimum absolute atomic E-state index is 0.0598. The van der Waals surface area contributed by atoms with E-state index in [4.69, 9.17) is 18.0 Å². The van der Waals surface area contributed by atoms with Crippen molar-refractivity contribution in [2.45, 2.75) is 12.5 Å². The van der Waals surface area contributed by atoms with Crippen LogP contribution < -0.4 is 15.7 Å². The molecule has 0 fully saturated rings. The van der Waals surface area contributed by atoms with Gasteiger partial charge in [0.25, 0.3) is 0 Å². The highest BCUT2D eigenvalue weighted by Crippen LogP contribution is 2.36. The standard InChI is InChI=1S/C28H26N2O6/c1-30(2)21(23-9-6-14-34-23)16-29-24(31)15-20-25-27(19-7-4-5-8-22(19)35-28(25)32)36-26(20)17-10-12-18(33-3)13-11-17/h4-14,21H,15-16H2,1-3H3,(H,29,31). The van der Waals surface area contributed by atoms with Crippen LogP contribution in [-0.2, 0) is 11.2 Å². The Balaban J connectivity index is 1.54. The maximum absolute atomic E-state index is 13.2. The summed E-state index contributed by atoms with van der Waals surface area (Å²) in [5.41, 5.74) is 1.48. The Morgan fingerprint density at radius 2 is 1.81 bits per heavy atom. The molecule has 1 N–H and O–H groups in total. The van der Waals surface area contributed by atoms with Gasteiger partial charge >= 0.3 is 5.63 Å². The third-order valence-corrected chi connectivity index (χ3v) is 6.22. The van der Waals surface area contributed by atoms with Gasteiger partial charge in [-0.15, -0.1) is 0 Å². The number of amides is 1. The summed E-state index contributed by atoms with van der Waals surface area (Å²) in [5, 5.41) is 3.91. The van der Waals surface area contributed by atoms with Crippen molar-refractivity contribution in [3.05, 3.63) is 88.7 Å². The number of hydrogen-bond donors (Lipinski definition) is 1. The minimum Gasteiger partial charge on any atom is -0.497 e. The molecule has 8 heteroatoms. The molecule has 36 heavy (non-hydrogen) atoms. The van der Waals surface area contributed by atoms with Gasteiger partial charge in [0.05, 0.1) is 31.2 Å². The topological polar surface area (TPSA) is 98.1 Å². The van der Waals surface area contributed by atoms with Crippen LogP contribution in [0.5, 0.6) is 5.75 Å². The maximum Gasteiger partial charge on any atom is 0.347 e. The van der Waals surface area contributed by atoms with E-state index >= 15 is 0 Å². The van der Waals surface area contributed by atoms with Crippen LogP contribution in [-0.4, -0.2) is 38.6 Å². The Kier molecular flexibility index (Phi) is 6.35. The van der Waals surface area contributed by atoms with Crippen molar-refractivity contribution < 1.29 is 22.8 Å². The molecule has 3 aromatic heterocycles. The number of furan rings is 2. The van der Waals surface area contributed by atoms with Crippen molar-refractivity contribution in [2.75, 3.05) is 27.7 Å². The van der Waals surface area contributed by atoms with Crippen LogP contribution in [0, 0.1) is 0 Å². The molecule has 0 aliphatic heterocycles. The van der Waals surface area contributed by atoms with E-state index in [1.807, 2.05) is 55.4 Å². The van der Waals surface area contributed by atoms with Crippen molar-refractivity contribution >= 4 is 27.8 Å². The van der Waals surface area contributed by atoms with Crippen LogP contribution in [0.1, 0.15) is 17.4 Å². The monoisotopic (exact) mass is 486 g/mol. The van der Waals surface area contributed by atoms with E-state index in [0.29, 0.717) is 40.2 Å². The number of methoxy groups -OCH3 is 1. The first kappa shape index (κ1) is 23.4. The van der Waals surface area contributed by atoms with Crippen molar-refractivity contribution in [1.29, 1.82) is 0 Å². The van der Waals surface area contributed by atoms with E-state index in [2.05, 4.69) is 5.32 Å². The first-order valence-corrected chi connectivity index (χ1v) is 11.5. The summed E-state index contributed by atoms with van der Waals surface area (Å²) in [6, 6.07) is 18.0. The Labute approximate surface area is 207 Å². The van der Waals surface area contributed by atoms with Gasteiger partial charge in [-0.25, -0.2) is 4.79 Å². The van der Waals surface area contributed by atoms with Crippen LogP contribution in [0.3, 0.4) is 0 Å². The average molecular weight is 487 g/mol. The lowest BCUT2D eigenvalue weighted by molar-refractivity contribution is -0.120. The number of hydrogen-bond acceptors (Lipinski definition) is 7. The van der Waals surface area contributed by atoms with Crippen LogP contribution in [0.25, 0.3) is 33.3 Å². The summed E-state index contributed by atoms with van der Waals surface area (Å²) < 4.78 is 22.6. The van der Waals surface area contributed by atoms with Gasteiger partial charge in [0.1, 0.15) is 28.2 Å². The number of carbonyl (C=O) groups excluding carboxylic acids is 1. The predicted molar refractivity (Wildman–Crippen MR) is 136 cm³/mol. The maximum atomic E-state index is 13.2. The van der Waals surface area contributed by atoms with E-state index in [9.17, 15) is 9.59 Å². The van der Waals surface area contributed by atoms with Gasteiger partial charge in [-0.2, -0.15) is 0 Å². The zero-order valence-electron chi connectivity index (χ0n) is 20.2. The molecule has 1 atom stereocenters. The summed E-state index contributed by atoms with van der Waals surface area (Å²) >= 11 is 0. The van der Waals surface area contributed by atoms with E-state index < -0.39 is 5.63 Å². The molecule has 0 aliphatic rings. The van der Waals surface area contributed by atoms with Gasteiger partial charge in [0.2, 0.25) is 5.91 Å². The molecular weight excluding hydrogens is 460 g/mol. The summed E-state index contributed by atoms with van der Waals surface area (Å²) in [6.45, 7) is 0.338. The molecule has 184 valence electrons. The highest BCUT2D eigenvalue weighted by molar-refractivity contribution is 6.05. The molecule has 8 nitrogen and oxygen atoms in total. The number of likely N-dealkylation sites (N-methyl/N-ethyl adjacent to an activating group) is 1. The first-order chi connectivity index (χ1) is 17.5. The molecule has 0 bridgehead atoms. The van der Waals surface area contributed by atoms with Gasteiger partial charge in [0, 0.05) is 17.7 Å². The Hall–Kier alpha value is -4.30. The van der Waals surface area contributed by atoms with Crippen LogP contribution in [0.15, 0.2) is 85.0 Å². The quantitative estimate of drug-likeness (QED) is 0.316. The SMILES string of the molecule is COc1ccc(-c2oc3c(c2CC(=O)NCC(c2ccco2)N(C)C)c(=O)oc2ccccc23)cc1. The normalized spacial score (nSPS) is 12.3. The molecule has 0 radical (unpaired) electrons. The van der Waals surface area contributed by atoms with E-state index in [1.165, 1.54) is 0 Å². The zero-order valence-corrected chi connectivity index (χ0v) is 20.2. The molecule has 2 aromatic carbocycles. The fourth-order valence-electron chi connectivity index (χ4n) is 4.36. The molecular formula is C28H26N2O6. The molecule has 5 rings (SSSR count). The van der Waals surface area contributed by atoms with Gasteiger partial charge < -0.3 is 23.3 Å². The van der Waals surface area contributed by atoms with E-state index in [-0.39, 0.29) is 23.8 Å². The number of ether oxygens (including phenoxy) is 1. The zero-order chi connectivity index (χ0) is 25.2. The lowest BCUT2D eigenvalue weighted by atomic mass is 10.0. The number of fused-ring (bicyclic) bond motifs is 3. The third kappa shape index (κ3) is 4.38. The number of nitrogens with zero attached hydrogens (tertiary/aromatic N) is 1. The number of carbonyl (C=O) groups is 1. The number of para-hydroxylation sites is 1. The summed E-state index contributed by atoms with van der Waals surface area (Å²) in [7, 11) is 5.43.